The standard InChI is InChI=1S/C11H16N2OS/c1-3-8-15-9-7-13-11-10(14-2)5-4-6-12-11/h3-6H,1,7-9H2,2H3,(H,12,13). The van der Waals surface area contributed by atoms with Crippen molar-refractivity contribution in [2.24, 2.45) is 0 Å². The van der Waals surface area contributed by atoms with Crippen molar-refractivity contribution in [3.8, 4) is 5.75 Å². The maximum Gasteiger partial charge on any atom is 0.168 e. The van der Waals surface area contributed by atoms with E-state index < -0.39 is 0 Å². The maximum atomic E-state index is 5.18. The molecule has 0 aliphatic rings. The molecule has 1 aromatic rings. The maximum absolute atomic E-state index is 5.18. The number of pyridine rings is 1. The smallest absolute Gasteiger partial charge is 0.168 e. The van der Waals surface area contributed by atoms with Crippen LogP contribution in [0.4, 0.5) is 5.82 Å². The molecule has 82 valence electrons. The van der Waals surface area contributed by atoms with Crippen LogP contribution in [0.15, 0.2) is 31.0 Å². The van der Waals surface area contributed by atoms with E-state index in [1.54, 1.807) is 13.3 Å². The van der Waals surface area contributed by atoms with Gasteiger partial charge in [0.15, 0.2) is 11.6 Å². The first-order chi connectivity index (χ1) is 7.38. The van der Waals surface area contributed by atoms with Gasteiger partial charge in [0.05, 0.1) is 7.11 Å². The lowest BCUT2D eigenvalue weighted by atomic mass is 10.4. The molecule has 0 saturated heterocycles. The molecule has 0 spiro atoms. The van der Waals surface area contributed by atoms with E-state index in [0.29, 0.717) is 0 Å². The highest BCUT2D eigenvalue weighted by molar-refractivity contribution is 7.99. The molecule has 1 aromatic heterocycles. The molecule has 0 fully saturated rings. The molecule has 0 atom stereocenters. The molecule has 0 radical (unpaired) electrons. The summed E-state index contributed by atoms with van der Waals surface area (Å²) >= 11 is 1.84. The summed E-state index contributed by atoms with van der Waals surface area (Å²) < 4.78 is 5.18. The van der Waals surface area contributed by atoms with Crippen LogP contribution in [0, 0.1) is 0 Å². The first-order valence-electron chi connectivity index (χ1n) is 4.80. The van der Waals surface area contributed by atoms with E-state index in [-0.39, 0.29) is 0 Å². The van der Waals surface area contributed by atoms with Crippen molar-refractivity contribution >= 4 is 17.6 Å². The van der Waals surface area contributed by atoms with E-state index in [1.807, 2.05) is 30.0 Å². The van der Waals surface area contributed by atoms with Gasteiger partial charge in [0.25, 0.3) is 0 Å². The predicted molar refractivity (Wildman–Crippen MR) is 66.8 cm³/mol. The Balaban J connectivity index is 2.33. The normalized spacial score (nSPS) is 9.67. The summed E-state index contributed by atoms with van der Waals surface area (Å²) in [5.41, 5.74) is 0. The van der Waals surface area contributed by atoms with Crippen LogP contribution in [0.5, 0.6) is 5.75 Å². The predicted octanol–water partition coefficient (Wildman–Crippen LogP) is 2.42. The highest BCUT2D eigenvalue weighted by Gasteiger charge is 2.00. The van der Waals surface area contributed by atoms with Crippen molar-refractivity contribution in [1.29, 1.82) is 0 Å². The Hall–Kier alpha value is -1.16. The van der Waals surface area contributed by atoms with Crippen molar-refractivity contribution < 1.29 is 4.74 Å². The molecule has 0 saturated carbocycles. The van der Waals surface area contributed by atoms with E-state index in [1.165, 1.54) is 0 Å². The van der Waals surface area contributed by atoms with Crippen LogP contribution in [0.2, 0.25) is 0 Å². The largest absolute Gasteiger partial charge is 0.493 e. The van der Waals surface area contributed by atoms with Crippen LogP contribution in [0.1, 0.15) is 0 Å². The molecular formula is C11H16N2OS. The number of methoxy groups -OCH3 is 1. The van der Waals surface area contributed by atoms with Gasteiger partial charge in [0.2, 0.25) is 0 Å². The van der Waals surface area contributed by atoms with Gasteiger partial charge in [-0.3, -0.25) is 0 Å². The molecule has 0 aliphatic heterocycles. The monoisotopic (exact) mass is 224 g/mol. The van der Waals surface area contributed by atoms with Crippen LogP contribution < -0.4 is 10.1 Å². The minimum absolute atomic E-state index is 0.784. The summed E-state index contributed by atoms with van der Waals surface area (Å²) in [5, 5.41) is 3.23. The molecule has 0 amide bonds. The van der Waals surface area contributed by atoms with Crippen molar-refractivity contribution in [1.82, 2.24) is 4.98 Å². The number of aromatic nitrogens is 1. The van der Waals surface area contributed by atoms with Gasteiger partial charge in [0.1, 0.15) is 0 Å². The fraction of sp³-hybridized carbons (Fsp3) is 0.364. The molecule has 1 N–H and O–H groups in total. The van der Waals surface area contributed by atoms with Gasteiger partial charge in [-0.2, -0.15) is 11.8 Å². The van der Waals surface area contributed by atoms with E-state index in [9.17, 15) is 0 Å². The van der Waals surface area contributed by atoms with Gasteiger partial charge in [-0.1, -0.05) is 6.08 Å². The molecule has 1 rings (SSSR count). The summed E-state index contributed by atoms with van der Waals surface area (Å²) in [6.07, 6.45) is 3.66. The Bertz CT molecular complexity index is 304. The van der Waals surface area contributed by atoms with E-state index >= 15 is 0 Å². The summed E-state index contributed by atoms with van der Waals surface area (Å²) in [5.74, 6) is 3.61. The second-order valence-electron chi connectivity index (χ2n) is 2.84. The fourth-order valence-electron chi connectivity index (χ4n) is 1.10. The van der Waals surface area contributed by atoms with Crippen LogP contribution in [-0.2, 0) is 0 Å². The average Bonchev–Trinajstić information content (AvgIpc) is 2.29. The minimum atomic E-state index is 0.784. The highest BCUT2D eigenvalue weighted by Crippen LogP contribution is 2.19. The average molecular weight is 224 g/mol. The topological polar surface area (TPSA) is 34.2 Å². The van der Waals surface area contributed by atoms with Gasteiger partial charge in [-0.25, -0.2) is 4.98 Å². The van der Waals surface area contributed by atoms with Crippen LogP contribution in [-0.4, -0.2) is 30.1 Å². The zero-order valence-electron chi connectivity index (χ0n) is 8.90. The number of rotatable bonds is 7. The van der Waals surface area contributed by atoms with E-state index in [2.05, 4.69) is 16.9 Å². The summed E-state index contributed by atoms with van der Waals surface area (Å²) in [4.78, 5) is 4.20. The first-order valence-corrected chi connectivity index (χ1v) is 5.95. The minimum Gasteiger partial charge on any atom is -0.493 e. The fourth-order valence-corrected chi connectivity index (χ4v) is 1.68. The third-order valence-electron chi connectivity index (χ3n) is 1.77. The van der Waals surface area contributed by atoms with Gasteiger partial charge in [-0.15, -0.1) is 6.58 Å². The lowest BCUT2D eigenvalue weighted by Gasteiger charge is -2.08. The van der Waals surface area contributed by atoms with Gasteiger partial charge in [-0.05, 0) is 12.1 Å². The zero-order valence-corrected chi connectivity index (χ0v) is 9.72. The molecular weight excluding hydrogens is 208 g/mol. The third-order valence-corrected chi connectivity index (χ3v) is 2.73. The van der Waals surface area contributed by atoms with Crippen molar-refractivity contribution in [3.63, 3.8) is 0 Å². The number of anilines is 1. The van der Waals surface area contributed by atoms with Gasteiger partial charge in [0, 0.05) is 24.2 Å². The number of thioether (sulfide) groups is 1. The molecule has 0 unspecified atom stereocenters. The molecule has 1 heterocycles. The van der Waals surface area contributed by atoms with Crippen molar-refractivity contribution in [2.75, 3.05) is 30.5 Å². The number of nitrogens with one attached hydrogen (secondary N) is 1. The first kappa shape index (κ1) is 11.9. The number of nitrogens with zero attached hydrogens (tertiary/aromatic N) is 1. The Labute approximate surface area is 94.9 Å². The second-order valence-corrected chi connectivity index (χ2v) is 3.99. The molecule has 15 heavy (non-hydrogen) atoms. The molecule has 0 bridgehead atoms. The Morgan fingerprint density at radius 2 is 2.53 bits per heavy atom. The van der Waals surface area contributed by atoms with Gasteiger partial charge < -0.3 is 10.1 Å². The quantitative estimate of drug-likeness (QED) is 0.570. The molecule has 0 aliphatic carbocycles. The summed E-state index contributed by atoms with van der Waals surface area (Å²) in [6, 6.07) is 3.75. The van der Waals surface area contributed by atoms with E-state index in [0.717, 1.165) is 29.6 Å². The van der Waals surface area contributed by atoms with E-state index in [4.69, 9.17) is 4.74 Å². The summed E-state index contributed by atoms with van der Waals surface area (Å²) in [7, 11) is 1.65. The third kappa shape index (κ3) is 4.25. The molecule has 4 heteroatoms. The Kier molecular flexibility index (Phi) is 5.70. The molecule has 0 aromatic carbocycles. The highest BCUT2D eigenvalue weighted by atomic mass is 32.2. The SMILES string of the molecule is C=CCSCCNc1ncccc1OC. The van der Waals surface area contributed by atoms with Gasteiger partial charge >= 0.3 is 0 Å². The van der Waals surface area contributed by atoms with Crippen molar-refractivity contribution in [3.05, 3.63) is 31.0 Å². The van der Waals surface area contributed by atoms with Crippen molar-refractivity contribution in [2.45, 2.75) is 0 Å². The number of ether oxygens (including phenoxy) is 1. The number of hydrogen-bond acceptors (Lipinski definition) is 4. The number of hydrogen-bond donors (Lipinski definition) is 1. The zero-order chi connectivity index (χ0) is 10.9. The van der Waals surface area contributed by atoms with Crippen LogP contribution in [0.25, 0.3) is 0 Å². The molecule has 3 nitrogen and oxygen atoms in total. The van der Waals surface area contributed by atoms with Crippen LogP contribution in [0.3, 0.4) is 0 Å². The Morgan fingerprint density at radius 1 is 1.67 bits per heavy atom. The van der Waals surface area contributed by atoms with Crippen LogP contribution >= 0.6 is 11.8 Å². The second kappa shape index (κ2) is 7.17. The lowest BCUT2D eigenvalue weighted by molar-refractivity contribution is 0.415. The lowest BCUT2D eigenvalue weighted by Crippen LogP contribution is -2.07. The Morgan fingerprint density at radius 3 is 3.27 bits per heavy atom. The summed E-state index contributed by atoms with van der Waals surface area (Å²) in [6.45, 7) is 4.55.